The fourth-order valence-electron chi connectivity index (χ4n) is 1.99. The molecule has 1 saturated carbocycles. The Balaban J connectivity index is 2.29. The van der Waals surface area contributed by atoms with Crippen molar-refractivity contribution in [3.8, 4) is 0 Å². The summed E-state index contributed by atoms with van der Waals surface area (Å²) < 4.78 is 14.9. The van der Waals surface area contributed by atoms with Crippen LogP contribution in [-0.2, 0) is 18.7 Å². The number of carbonyl (C=O) groups excluding carboxylic acids is 1. The Hall–Kier alpha value is -0.460. The third-order valence-electron chi connectivity index (χ3n) is 3.04. The molecular weight excluding hydrogens is 271 g/mol. The van der Waals surface area contributed by atoms with Gasteiger partial charge >= 0.3 is 13.7 Å². The maximum atomic E-state index is 11.4. The van der Waals surface area contributed by atoms with Crippen molar-refractivity contribution in [3.63, 3.8) is 0 Å². The first-order valence-electron chi connectivity index (χ1n) is 6.64. The van der Waals surface area contributed by atoms with Gasteiger partial charge in [0.05, 0.1) is 6.10 Å². The van der Waals surface area contributed by atoms with Gasteiger partial charge < -0.3 is 9.42 Å². The Morgan fingerprint density at radius 1 is 1.32 bits per heavy atom. The molecule has 0 radical (unpaired) electrons. The quantitative estimate of drug-likeness (QED) is 0.521. The van der Waals surface area contributed by atoms with Crippen molar-refractivity contribution in [2.24, 2.45) is 5.50 Å². The first-order chi connectivity index (χ1) is 8.88. The van der Waals surface area contributed by atoms with Gasteiger partial charge in [0.1, 0.15) is 6.04 Å². The summed E-state index contributed by atoms with van der Waals surface area (Å²) in [6.07, 6.45) is 7.87. The molecule has 19 heavy (non-hydrogen) atoms. The van der Waals surface area contributed by atoms with Gasteiger partial charge in [-0.2, -0.15) is 5.48 Å². The average molecular weight is 294 g/mol. The van der Waals surface area contributed by atoms with E-state index >= 15 is 0 Å². The molecular formula is C11H23N2O5P. The molecule has 4 N–H and O–H groups in total. The lowest BCUT2D eigenvalue weighted by molar-refractivity contribution is -0.143. The molecule has 0 aromatic heterocycles. The predicted octanol–water partition coefficient (Wildman–Crippen LogP) is 1.61. The third kappa shape index (κ3) is 7.64. The van der Waals surface area contributed by atoms with E-state index in [0.29, 0.717) is 0 Å². The van der Waals surface area contributed by atoms with Crippen molar-refractivity contribution in [2.75, 3.05) is 0 Å². The van der Waals surface area contributed by atoms with Gasteiger partial charge in [-0.3, -0.25) is 4.84 Å². The molecule has 7 nitrogen and oxygen atoms in total. The summed E-state index contributed by atoms with van der Waals surface area (Å²) in [7, 11) is -4.29. The van der Waals surface area contributed by atoms with Crippen molar-refractivity contribution in [2.45, 2.75) is 64.0 Å². The van der Waals surface area contributed by atoms with Crippen LogP contribution >= 0.6 is 7.75 Å². The van der Waals surface area contributed by atoms with E-state index < -0.39 is 19.8 Å². The highest BCUT2D eigenvalue weighted by atomic mass is 31.2. The van der Waals surface area contributed by atoms with E-state index in [-0.39, 0.29) is 6.10 Å². The largest absolute Gasteiger partial charge is 0.455 e. The van der Waals surface area contributed by atoms with Crippen LogP contribution in [0.1, 0.15) is 51.9 Å². The molecule has 8 heteroatoms. The summed E-state index contributed by atoms with van der Waals surface area (Å²) in [5, 5.41) is 0. The number of hydrogen-bond acceptors (Lipinski definition) is 5. The second kappa shape index (κ2) is 7.97. The lowest BCUT2D eigenvalue weighted by Gasteiger charge is -2.22. The summed E-state index contributed by atoms with van der Waals surface area (Å²) in [5.41, 5.74) is 7.31. The minimum Gasteiger partial charge on any atom is -0.379 e. The molecule has 1 fully saturated rings. The van der Waals surface area contributed by atoms with Crippen molar-refractivity contribution >= 4 is 13.7 Å². The van der Waals surface area contributed by atoms with Crippen molar-refractivity contribution in [1.29, 1.82) is 0 Å². The molecule has 0 aliphatic heterocycles. The summed E-state index contributed by atoms with van der Waals surface area (Å²) in [6.45, 7) is 1.49. The number of carbonyl (C=O) groups is 1. The van der Waals surface area contributed by atoms with Crippen LogP contribution in [0.4, 0.5) is 0 Å². The number of nitrogens with one attached hydrogen (secondary N) is 1. The molecule has 112 valence electrons. The van der Waals surface area contributed by atoms with E-state index in [1.54, 1.807) is 0 Å². The van der Waals surface area contributed by atoms with Gasteiger partial charge in [0.2, 0.25) is 0 Å². The standard InChI is InChI=1S/C11H23N2O5P/c1-9(11(14)18-19(12,15)16)13-17-10-7-5-3-2-4-6-8-10/h9-10,13H,2-8H2,1H3,(H3,12,15,16)/t9-/m0/s1. The molecule has 0 aromatic rings. The number of hydrogen-bond donors (Lipinski definition) is 3. The maximum absolute atomic E-state index is 11.4. The van der Waals surface area contributed by atoms with E-state index in [9.17, 15) is 9.36 Å². The zero-order chi connectivity index (χ0) is 14.3. The molecule has 1 unspecified atom stereocenters. The first-order valence-corrected chi connectivity index (χ1v) is 8.29. The molecule has 1 rings (SSSR count). The Bertz CT molecular complexity index is 325. The average Bonchev–Trinajstić information content (AvgIpc) is 2.24. The van der Waals surface area contributed by atoms with Gasteiger partial charge in [-0.15, -0.1) is 0 Å². The second-order valence-corrected chi connectivity index (χ2v) is 6.21. The van der Waals surface area contributed by atoms with Crippen LogP contribution in [-0.4, -0.2) is 23.0 Å². The van der Waals surface area contributed by atoms with Crippen molar-refractivity contribution in [1.82, 2.24) is 5.48 Å². The lowest BCUT2D eigenvalue weighted by atomic mass is 9.99. The molecule has 0 aromatic carbocycles. The monoisotopic (exact) mass is 294 g/mol. The van der Waals surface area contributed by atoms with Crippen molar-refractivity contribution in [3.05, 3.63) is 0 Å². The summed E-state index contributed by atoms with van der Waals surface area (Å²) in [5.74, 6) is -0.904. The van der Waals surface area contributed by atoms with E-state index in [1.807, 2.05) is 0 Å². The van der Waals surface area contributed by atoms with Gasteiger partial charge in [-0.25, -0.2) is 14.9 Å². The summed E-state index contributed by atoms with van der Waals surface area (Å²) in [6, 6.07) is -0.838. The van der Waals surface area contributed by atoms with Crippen LogP contribution in [0.25, 0.3) is 0 Å². The zero-order valence-electron chi connectivity index (χ0n) is 11.2. The highest BCUT2D eigenvalue weighted by Gasteiger charge is 2.24. The van der Waals surface area contributed by atoms with Crippen LogP contribution in [0.5, 0.6) is 0 Å². The molecule has 0 saturated heterocycles. The van der Waals surface area contributed by atoms with Crippen LogP contribution in [0.3, 0.4) is 0 Å². The Labute approximate surface area is 113 Å². The Morgan fingerprint density at radius 2 is 1.84 bits per heavy atom. The van der Waals surface area contributed by atoms with Crippen molar-refractivity contribution < 1.29 is 23.6 Å². The molecule has 0 bridgehead atoms. The number of rotatable bonds is 5. The lowest BCUT2D eigenvalue weighted by Crippen LogP contribution is -2.38. The van der Waals surface area contributed by atoms with E-state index in [4.69, 9.17) is 15.2 Å². The molecule has 2 atom stereocenters. The number of nitrogens with two attached hydrogens (primary N) is 1. The molecule has 1 aliphatic carbocycles. The molecule has 0 heterocycles. The van der Waals surface area contributed by atoms with Gasteiger partial charge in [-0.1, -0.05) is 32.1 Å². The maximum Gasteiger partial charge on any atom is 0.455 e. The van der Waals surface area contributed by atoms with E-state index in [1.165, 1.54) is 26.2 Å². The SMILES string of the molecule is C[C@H](NOC1CCCCCCC1)C(=O)OP(N)(=O)O. The normalized spacial score (nSPS) is 22.9. The smallest absolute Gasteiger partial charge is 0.379 e. The van der Waals surface area contributed by atoms with Gasteiger partial charge in [0.25, 0.3) is 0 Å². The number of hydroxylamine groups is 1. The minimum atomic E-state index is -4.29. The summed E-state index contributed by atoms with van der Waals surface area (Å²) >= 11 is 0. The first kappa shape index (κ1) is 16.6. The fraction of sp³-hybridized carbons (Fsp3) is 0.909. The van der Waals surface area contributed by atoms with E-state index in [2.05, 4.69) is 10.0 Å². The molecule has 1 aliphatic rings. The van der Waals surface area contributed by atoms with Crippen LogP contribution in [0.15, 0.2) is 0 Å². The fourth-order valence-corrected chi connectivity index (χ4v) is 2.41. The van der Waals surface area contributed by atoms with Gasteiger partial charge in [0, 0.05) is 0 Å². The van der Waals surface area contributed by atoms with Crippen LogP contribution in [0, 0.1) is 0 Å². The van der Waals surface area contributed by atoms with Crippen LogP contribution < -0.4 is 11.0 Å². The predicted molar refractivity (Wildman–Crippen MR) is 69.9 cm³/mol. The Morgan fingerprint density at radius 3 is 2.37 bits per heavy atom. The van der Waals surface area contributed by atoms with Gasteiger partial charge in [-0.05, 0) is 19.8 Å². The minimum absolute atomic E-state index is 0.0642. The topological polar surface area (TPSA) is 111 Å². The zero-order valence-corrected chi connectivity index (χ0v) is 12.1. The highest BCUT2D eigenvalue weighted by molar-refractivity contribution is 7.50. The summed E-state index contributed by atoms with van der Waals surface area (Å²) in [4.78, 5) is 25.6. The molecule has 0 amide bonds. The highest BCUT2D eigenvalue weighted by Crippen LogP contribution is 2.31. The second-order valence-electron chi connectivity index (χ2n) is 4.90. The van der Waals surface area contributed by atoms with Gasteiger partial charge in [0.15, 0.2) is 0 Å². The third-order valence-corrected chi connectivity index (χ3v) is 3.48. The van der Waals surface area contributed by atoms with E-state index in [0.717, 1.165) is 25.7 Å². The molecule has 0 spiro atoms. The van der Waals surface area contributed by atoms with Crippen LogP contribution in [0.2, 0.25) is 0 Å². The Kier molecular flexibility index (Phi) is 6.96.